The Morgan fingerprint density at radius 2 is 2.00 bits per heavy atom. The van der Waals surface area contributed by atoms with Gasteiger partial charge in [-0.25, -0.2) is 0 Å². The maximum Gasteiger partial charge on any atom is 0.0408 e. The average molecular weight is 224 g/mol. The Morgan fingerprint density at radius 3 is 2.73 bits per heavy atom. The summed E-state index contributed by atoms with van der Waals surface area (Å²) in [4.78, 5) is 2.56. The Hall–Kier alpha value is -0.530. The van der Waals surface area contributed by atoms with Gasteiger partial charge in [-0.1, -0.05) is 23.7 Å². The number of aryl methyl sites for hydroxylation is 1. The van der Waals surface area contributed by atoms with Gasteiger partial charge in [0, 0.05) is 5.02 Å². The standard InChI is InChI=1S/C13H18ClN/c14-13-7-3-5-12(11-13)6-4-10-15-8-1-2-9-15/h3,5,7,11H,1-2,4,6,8-10H2. The minimum atomic E-state index is 0.855. The molecule has 0 aliphatic carbocycles. The molecule has 0 radical (unpaired) electrons. The highest BCUT2D eigenvalue weighted by Gasteiger charge is 2.10. The smallest absolute Gasteiger partial charge is 0.0408 e. The molecule has 1 heterocycles. The lowest BCUT2D eigenvalue weighted by Gasteiger charge is -2.13. The zero-order valence-electron chi connectivity index (χ0n) is 9.08. The fourth-order valence-corrected chi connectivity index (χ4v) is 2.42. The fraction of sp³-hybridized carbons (Fsp3) is 0.538. The van der Waals surface area contributed by atoms with Gasteiger partial charge in [-0.15, -0.1) is 0 Å². The Balaban J connectivity index is 1.73. The monoisotopic (exact) mass is 223 g/mol. The molecular formula is C13H18ClN. The normalized spacial score (nSPS) is 17.1. The summed E-state index contributed by atoms with van der Waals surface area (Å²) in [5, 5.41) is 0.855. The second-order valence-electron chi connectivity index (χ2n) is 4.28. The summed E-state index contributed by atoms with van der Waals surface area (Å²) in [7, 11) is 0. The molecule has 2 heteroatoms. The molecule has 0 N–H and O–H groups in total. The summed E-state index contributed by atoms with van der Waals surface area (Å²) < 4.78 is 0. The highest BCUT2D eigenvalue weighted by atomic mass is 35.5. The molecule has 0 aromatic heterocycles. The van der Waals surface area contributed by atoms with Crippen LogP contribution in [0.5, 0.6) is 0 Å². The molecule has 0 spiro atoms. The summed E-state index contributed by atoms with van der Waals surface area (Å²) in [6.45, 7) is 3.84. The van der Waals surface area contributed by atoms with Crippen molar-refractivity contribution in [2.24, 2.45) is 0 Å². The van der Waals surface area contributed by atoms with Crippen molar-refractivity contribution in [3.63, 3.8) is 0 Å². The van der Waals surface area contributed by atoms with Crippen molar-refractivity contribution in [1.29, 1.82) is 0 Å². The zero-order valence-corrected chi connectivity index (χ0v) is 9.84. The van der Waals surface area contributed by atoms with Crippen molar-refractivity contribution in [1.82, 2.24) is 4.90 Å². The zero-order chi connectivity index (χ0) is 10.5. The van der Waals surface area contributed by atoms with Crippen molar-refractivity contribution in [3.8, 4) is 0 Å². The van der Waals surface area contributed by atoms with Crippen molar-refractivity contribution in [2.45, 2.75) is 25.7 Å². The van der Waals surface area contributed by atoms with Gasteiger partial charge in [0.1, 0.15) is 0 Å². The van der Waals surface area contributed by atoms with Crippen LogP contribution in [-0.2, 0) is 6.42 Å². The van der Waals surface area contributed by atoms with Gasteiger partial charge in [-0.3, -0.25) is 0 Å². The topological polar surface area (TPSA) is 3.24 Å². The van der Waals surface area contributed by atoms with E-state index in [2.05, 4.69) is 17.0 Å². The number of benzene rings is 1. The molecule has 1 aliphatic rings. The number of halogens is 1. The molecule has 2 rings (SSSR count). The number of likely N-dealkylation sites (tertiary alicyclic amines) is 1. The predicted molar refractivity (Wildman–Crippen MR) is 65.4 cm³/mol. The van der Waals surface area contributed by atoms with Crippen LogP contribution in [0.15, 0.2) is 24.3 Å². The maximum atomic E-state index is 5.94. The Morgan fingerprint density at radius 1 is 1.20 bits per heavy atom. The first kappa shape index (κ1) is 11.0. The molecule has 1 nitrogen and oxygen atoms in total. The summed E-state index contributed by atoms with van der Waals surface area (Å²) in [5.41, 5.74) is 1.36. The van der Waals surface area contributed by atoms with Crippen molar-refractivity contribution in [2.75, 3.05) is 19.6 Å². The van der Waals surface area contributed by atoms with E-state index in [1.165, 1.54) is 44.5 Å². The van der Waals surface area contributed by atoms with Crippen LogP contribution < -0.4 is 0 Å². The summed E-state index contributed by atoms with van der Waals surface area (Å²) in [6.07, 6.45) is 5.17. The number of hydrogen-bond acceptors (Lipinski definition) is 1. The molecule has 0 unspecified atom stereocenters. The van der Waals surface area contributed by atoms with Crippen LogP contribution >= 0.6 is 11.6 Å². The van der Waals surface area contributed by atoms with Gasteiger partial charge < -0.3 is 4.90 Å². The van der Waals surface area contributed by atoms with Crippen molar-refractivity contribution in [3.05, 3.63) is 34.9 Å². The highest BCUT2D eigenvalue weighted by molar-refractivity contribution is 6.30. The molecule has 1 aromatic carbocycles. The van der Waals surface area contributed by atoms with E-state index < -0.39 is 0 Å². The van der Waals surface area contributed by atoms with Crippen LogP contribution in [-0.4, -0.2) is 24.5 Å². The first-order chi connectivity index (χ1) is 7.34. The predicted octanol–water partition coefficient (Wildman–Crippen LogP) is 3.37. The van der Waals surface area contributed by atoms with Gasteiger partial charge in [0.25, 0.3) is 0 Å². The van der Waals surface area contributed by atoms with E-state index in [1.807, 2.05) is 12.1 Å². The minimum Gasteiger partial charge on any atom is -0.303 e. The molecule has 82 valence electrons. The third-order valence-corrected chi connectivity index (χ3v) is 3.26. The fourth-order valence-electron chi connectivity index (χ4n) is 2.21. The maximum absolute atomic E-state index is 5.94. The van der Waals surface area contributed by atoms with Crippen molar-refractivity contribution < 1.29 is 0 Å². The lowest BCUT2D eigenvalue weighted by atomic mass is 10.1. The first-order valence-corrected chi connectivity index (χ1v) is 6.19. The van der Waals surface area contributed by atoms with E-state index in [0.717, 1.165) is 11.4 Å². The van der Waals surface area contributed by atoms with Gasteiger partial charge in [-0.05, 0) is 63.0 Å². The van der Waals surface area contributed by atoms with Gasteiger partial charge in [0.05, 0.1) is 0 Å². The third kappa shape index (κ3) is 3.51. The van der Waals surface area contributed by atoms with Crippen LogP contribution in [0.2, 0.25) is 5.02 Å². The summed E-state index contributed by atoms with van der Waals surface area (Å²) in [5.74, 6) is 0. The van der Waals surface area contributed by atoms with Crippen LogP contribution in [0.1, 0.15) is 24.8 Å². The molecule has 1 saturated heterocycles. The molecular weight excluding hydrogens is 206 g/mol. The summed E-state index contributed by atoms with van der Waals surface area (Å²) >= 11 is 5.94. The average Bonchev–Trinajstić information content (AvgIpc) is 2.71. The molecule has 15 heavy (non-hydrogen) atoms. The van der Waals surface area contributed by atoms with E-state index in [-0.39, 0.29) is 0 Å². The highest BCUT2D eigenvalue weighted by Crippen LogP contribution is 2.13. The van der Waals surface area contributed by atoms with E-state index >= 15 is 0 Å². The molecule has 1 aliphatic heterocycles. The third-order valence-electron chi connectivity index (χ3n) is 3.03. The van der Waals surface area contributed by atoms with Crippen LogP contribution in [0, 0.1) is 0 Å². The molecule has 0 bridgehead atoms. The number of nitrogens with zero attached hydrogens (tertiary/aromatic N) is 1. The van der Waals surface area contributed by atoms with E-state index in [0.29, 0.717) is 0 Å². The Bertz CT molecular complexity index is 305. The number of hydrogen-bond donors (Lipinski definition) is 0. The van der Waals surface area contributed by atoms with Crippen LogP contribution in [0.4, 0.5) is 0 Å². The second-order valence-corrected chi connectivity index (χ2v) is 4.72. The first-order valence-electron chi connectivity index (χ1n) is 5.81. The minimum absolute atomic E-state index is 0.855. The van der Waals surface area contributed by atoms with E-state index in [1.54, 1.807) is 0 Å². The van der Waals surface area contributed by atoms with Gasteiger partial charge >= 0.3 is 0 Å². The lowest BCUT2D eigenvalue weighted by Crippen LogP contribution is -2.20. The molecule has 1 aromatic rings. The quantitative estimate of drug-likeness (QED) is 0.757. The van der Waals surface area contributed by atoms with E-state index in [4.69, 9.17) is 11.6 Å². The van der Waals surface area contributed by atoms with E-state index in [9.17, 15) is 0 Å². The Labute approximate surface area is 97.0 Å². The largest absolute Gasteiger partial charge is 0.303 e. The van der Waals surface area contributed by atoms with Gasteiger partial charge in [-0.2, -0.15) is 0 Å². The molecule has 0 atom stereocenters. The van der Waals surface area contributed by atoms with Gasteiger partial charge in [0.2, 0.25) is 0 Å². The summed E-state index contributed by atoms with van der Waals surface area (Å²) in [6, 6.07) is 8.21. The Kier molecular flexibility index (Phi) is 4.04. The molecule has 0 saturated carbocycles. The van der Waals surface area contributed by atoms with Crippen molar-refractivity contribution >= 4 is 11.6 Å². The van der Waals surface area contributed by atoms with Crippen LogP contribution in [0.25, 0.3) is 0 Å². The lowest BCUT2D eigenvalue weighted by molar-refractivity contribution is 0.334. The SMILES string of the molecule is Clc1cccc(CCCN2CCCC2)c1. The molecule has 0 amide bonds. The molecule has 1 fully saturated rings. The number of rotatable bonds is 4. The van der Waals surface area contributed by atoms with Crippen LogP contribution in [0.3, 0.4) is 0 Å². The van der Waals surface area contributed by atoms with Gasteiger partial charge in [0.15, 0.2) is 0 Å². The second kappa shape index (κ2) is 5.53.